The van der Waals surface area contributed by atoms with Crippen molar-refractivity contribution in [2.45, 2.75) is 19.9 Å². The first-order valence-electron chi connectivity index (χ1n) is 6.16. The normalized spacial score (nSPS) is 11.4. The standard InChI is InChI=1S/C14H18N2O3/c1-3-18-14(17)10-16-11(2)12-4-6-13(7-5-12)19-9-8-15/h4-7,11,16H,3,9-10H2,1-2H3. The topological polar surface area (TPSA) is 71.3 Å². The predicted molar refractivity (Wildman–Crippen MR) is 70.6 cm³/mol. The van der Waals surface area contributed by atoms with E-state index in [4.69, 9.17) is 14.7 Å². The summed E-state index contributed by atoms with van der Waals surface area (Å²) in [6.45, 7) is 4.35. The van der Waals surface area contributed by atoms with Crippen molar-refractivity contribution in [1.82, 2.24) is 5.32 Å². The second-order valence-corrected chi connectivity index (χ2v) is 3.92. The number of rotatable bonds is 7. The summed E-state index contributed by atoms with van der Waals surface area (Å²) in [6.07, 6.45) is 0. The van der Waals surface area contributed by atoms with Gasteiger partial charge in [0.2, 0.25) is 0 Å². The maximum Gasteiger partial charge on any atom is 0.319 e. The molecule has 0 fully saturated rings. The molecule has 0 amide bonds. The molecule has 1 aromatic carbocycles. The molecule has 102 valence electrons. The van der Waals surface area contributed by atoms with Crippen LogP contribution in [0.4, 0.5) is 0 Å². The van der Waals surface area contributed by atoms with Gasteiger partial charge in [-0.2, -0.15) is 5.26 Å². The van der Waals surface area contributed by atoms with Crippen LogP contribution in [0, 0.1) is 11.3 Å². The largest absolute Gasteiger partial charge is 0.479 e. The average Bonchev–Trinajstić information content (AvgIpc) is 2.43. The zero-order valence-corrected chi connectivity index (χ0v) is 11.2. The van der Waals surface area contributed by atoms with Crippen molar-refractivity contribution in [3.8, 4) is 11.8 Å². The number of nitrogens with zero attached hydrogens (tertiary/aromatic N) is 1. The number of hydrogen-bond acceptors (Lipinski definition) is 5. The summed E-state index contributed by atoms with van der Waals surface area (Å²) in [5, 5.41) is 11.5. The van der Waals surface area contributed by atoms with E-state index in [9.17, 15) is 4.79 Å². The Hall–Kier alpha value is -2.06. The summed E-state index contributed by atoms with van der Waals surface area (Å²) in [7, 11) is 0. The van der Waals surface area contributed by atoms with Crippen LogP contribution in [0.1, 0.15) is 25.5 Å². The van der Waals surface area contributed by atoms with E-state index in [1.807, 2.05) is 25.1 Å². The van der Waals surface area contributed by atoms with Crippen LogP contribution in [0.3, 0.4) is 0 Å². The van der Waals surface area contributed by atoms with E-state index >= 15 is 0 Å². The zero-order valence-electron chi connectivity index (χ0n) is 11.2. The summed E-state index contributed by atoms with van der Waals surface area (Å²) < 4.78 is 10.0. The van der Waals surface area contributed by atoms with Gasteiger partial charge in [-0.3, -0.25) is 4.79 Å². The summed E-state index contributed by atoms with van der Waals surface area (Å²) in [6, 6.07) is 9.35. The SMILES string of the molecule is CCOC(=O)CNC(C)c1ccc(OCC#N)cc1. The third-order valence-electron chi connectivity index (χ3n) is 2.54. The maximum absolute atomic E-state index is 11.2. The van der Waals surface area contributed by atoms with Gasteiger partial charge in [0.05, 0.1) is 13.2 Å². The minimum absolute atomic E-state index is 0.0365. The molecule has 1 atom stereocenters. The van der Waals surface area contributed by atoms with E-state index in [0.717, 1.165) is 5.56 Å². The molecule has 0 aliphatic carbocycles. The number of carbonyl (C=O) groups is 1. The summed E-state index contributed by atoms with van der Waals surface area (Å²) in [4.78, 5) is 11.2. The molecule has 1 aromatic rings. The molecule has 0 aliphatic heterocycles. The fraction of sp³-hybridized carbons (Fsp3) is 0.429. The Balaban J connectivity index is 2.46. The highest BCUT2D eigenvalue weighted by Crippen LogP contribution is 2.17. The third-order valence-corrected chi connectivity index (χ3v) is 2.54. The Morgan fingerprint density at radius 3 is 2.68 bits per heavy atom. The second kappa shape index (κ2) is 8.11. The van der Waals surface area contributed by atoms with Gasteiger partial charge in [0.15, 0.2) is 6.61 Å². The van der Waals surface area contributed by atoms with Crippen molar-refractivity contribution in [2.75, 3.05) is 19.8 Å². The number of nitriles is 1. The van der Waals surface area contributed by atoms with Gasteiger partial charge in [0.25, 0.3) is 0 Å². The number of ether oxygens (including phenoxy) is 2. The highest BCUT2D eigenvalue weighted by Gasteiger charge is 2.08. The number of esters is 1. The Morgan fingerprint density at radius 2 is 2.11 bits per heavy atom. The lowest BCUT2D eigenvalue weighted by molar-refractivity contribution is -0.142. The van der Waals surface area contributed by atoms with Gasteiger partial charge in [-0.05, 0) is 31.5 Å². The lowest BCUT2D eigenvalue weighted by Gasteiger charge is -2.14. The summed E-state index contributed by atoms with van der Waals surface area (Å²) in [5.41, 5.74) is 1.04. The van der Waals surface area contributed by atoms with Crippen molar-refractivity contribution in [3.05, 3.63) is 29.8 Å². The predicted octanol–water partition coefficient (Wildman–Crippen LogP) is 1.80. The number of hydrogen-bond donors (Lipinski definition) is 1. The molecule has 1 rings (SSSR count). The van der Waals surface area contributed by atoms with Gasteiger partial charge in [-0.1, -0.05) is 12.1 Å². The van der Waals surface area contributed by atoms with Crippen LogP contribution >= 0.6 is 0 Å². The number of carbonyl (C=O) groups excluding carboxylic acids is 1. The van der Waals surface area contributed by atoms with Gasteiger partial charge < -0.3 is 14.8 Å². The fourth-order valence-corrected chi connectivity index (χ4v) is 1.53. The smallest absolute Gasteiger partial charge is 0.319 e. The van der Waals surface area contributed by atoms with Crippen LogP contribution in [0.5, 0.6) is 5.75 Å². The van der Waals surface area contributed by atoms with Gasteiger partial charge in [-0.25, -0.2) is 0 Å². The molecular weight excluding hydrogens is 244 g/mol. The Bertz CT molecular complexity index is 437. The molecule has 0 heterocycles. The Morgan fingerprint density at radius 1 is 1.42 bits per heavy atom. The Kier molecular flexibility index (Phi) is 6.41. The van der Waals surface area contributed by atoms with E-state index < -0.39 is 0 Å². The fourth-order valence-electron chi connectivity index (χ4n) is 1.53. The van der Waals surface area contributed by atoms with Gasteiger partial charge in [-0.15, -0.1) is 0 Å². The zero-order chi connectivity index (χ0) is 14.1. The molecule has 19 heavy (non-hydrogen) atoms. The van der Waals surface area contributed by atoms with E-state index in [1.54, 1.807) is 19.1 Å². The monoisotopic (exact) mass is 262 g/mol. The summed E-state index contributed by atoms with van der Waals surface area (Å²) in [5.74, 6) is 0.395. The van der Waals surface area contributed by atoms with Crippen LogP contribution < -0.4 is 10.1 Å². The van der Waals surface area contributed by atoms with Crippen molar-refractivity contribution < 1.29 is 14.3 Å². The summed E-state index contributed by atoms with van der Waals surface area (Å²) >= 11 is 0. The Labute approximate surface area is 113 Å². The van der Waals surface area contributed by atoms with Gasteiger partial charge in [0.1, 0.15) is 11.8 Å². The average molecular weight is 262 g/mol. The van der Waals surface area contributed by atoms with Crippen LogP contribution in [0.15, 0.2) is 24.3 Å². The van der Waals surface area contributed by atoms with E-state index in [0.29, 0.717) is 12.4 Å². The van der Waals surface area contributed by atoms with Crippen LogP contribution in [-0.2, 0) is 9.53 Å². The molecule has 0 bridgehead atoms. The maximum atomic E-state index is 11.2. The third kappa shape index (κ3) is 5.40. The lowest BCUT2D eigenvalue weighted by Crippen LogP contribution is -2.27. The van der Waals surface area contributed by atoms with Crippen LogP contribution in [0.2, 0.25) is 0 Å². The van der Waals surface area contributed by atoms with E-state index in [1.165, 1.54) is 0 Å². The van der Waals surface area contributed by atoms with E-state index in [-0.39, 0.29) is 25.2 Å². The second-order valence-electron chi connectivity index (χ2n) is 3.92. The van der Waals surface area contributed by atoms with E-state index in [2.05, 4.69) is 5.32 Å². The highest BCUT2D eigenvalue weighted by molar-refractivity contribution is 5.71. The highest BCUT2D eigenvalue weighted by atomic mass is 16.5. The van der Waals surface area contributed by atoms with Crippen LogP contribution in [-0.4, -0.2) is 25.7 Å². The first-order chi connectivity index (χ1) is 9.17. The van der Waals surface area contributed by atoms with Crippen molar-refractivity contribution >= 4 is 5.97 Å². The molecule has 5 nitrogen and oxygen atoms in total. The molecule has 1 unspecified atom stereocenters. The number of nitrogens with one attached hydrogen (secondary N) is 1. The lowest BCUT2D eigenvalue weighted by atomic mass is 10.1. The first kappa shape index (κ1) is 15.0. The quantitative estimate of drug-likeness (QED) is 0.759. The molecule has 5 heteroatoms. The minimum Gasteiger partial charge on any atom is -0.479 e. The molecular formula is C14H18N2O3. The van der Waals surface area contributed by atoms with Crippen molar-refractivity contribution in [2.24, 2.45) is 0 Å². The molecule has 0 aromatic heterocycles. The van der Waals surface area contributed by atoms with Crippen molar-refractivity contribution in [1.29, 1.82) is 5.26 Å². The van der Waals surface area contributed by atoms with Crippen molar-refractivity contribution in [3.63, 3.8) is 0 Å². The molecule has 0 aliphatic rings. The first-order valence-corrected chi connectivity index (χ1v) is 6.16. The van der Waals surface area contributed by atoms with Crippen LogP contribution in [0.25, 0.3) is 0 Å². The van der Waals surface area contributed by atoms with Gasteiger partial charge in [0, 0.05) is 6.04 Å². The molecule has 0 saturated heterocycles. The van der Waals surface area contributed by atoms with Gasteiger partial charge >= 0.3 is 5.97 Å². The molecule has 1 N–H and O–H groups in total. The number of benzene rings is 1. The molecule has 0 spiro atoms. The molecule has 0 saturated carbocycles. The minimum atomic E-state index is -0.261. The molecule has 0 radical (unpaired) electrons.